The van der Waals surface area contributed by atoms with E-state index in [9.17, 15) is 14.4 Å². The lowest BCUT2D eigenvalue weighted by Gasteiger charge is -2.31. The molecule has 3 amide bonds. The second kappa shape index (κ2) is 14.1. The van der Waals surface area contributed by atoms with Gasteiger partial charge in [0.05, 0.1) is 32.6 Å². The van der Waals surface area contributed by atoms with Crippen molar-refractivity contribution < 1.29 is 28.3 Å². The van der Waals surface area contributed by atoms with Crippen LogP contribution in [0.15, 0.2) is 53.1 Å². The van der Waals surface area contributed by atoms with Gasteiger partial charge in [-0.2, -0.15) is 0 Å². The lowest BCUT2D eigenvalue weighted by Crippen LogP contribution is -2.50. The average molecular weight is 487 g/mol. The number of amides is 3. The number of morpholine rings is 1. The van der Waals surface area contributed by atoms with Gasteiger partial charge in [0.15, 0.2) is 0 Å². The van der Waals surface area contributed by atoms with Crippen molar-refractivity contribution in [1.82, 2.24) is 20.0 Å². The molecule has 10 nitrogen and oxygen atoms in total. The predicted molar refractivity (Wildman–Crippen MR) is 128 cm³/mol. The Hall–Kier alpha value is -3.37. The van der Waals surface area contributed by atoms with Gasteiger partial charge in [-0.25, -0.2) is 4.79 Å². The zero-order valence-electron chi connectivity index (χ0n) is 20.2. The molecule has 35 heavy (non-hydrogen) atoms. The molecule has 1 aromatic carbocycles. The van der Waals surface area contributed by atoms with E-state index in [0.717, 1.165) is 18.7 Å². The molecule has 0 atom stereocenters. The van der Waals surface area contributed by atoms with Crippen molar-refractivity contribution in [2.45, 2.75) is 20.0 Å². The van der Waals surface area contributed by atoms with Crippen LogP contribution in [0.2, 0.25) is 0 Å². The number of carbonyl (C=O) groups is 3. The molecule has 1 fully saturated rings. The van der Waals surface area contributed by atoms with Crippen molar-refractivity contribution in [1.29, 1.82) is 0 Å². The molecule has 10 heteroatoms. The Bertz CT molecular complexity index is 915. The van der Waals surface area contributed by atoms with Gasteiger partial charge in [0.1, 0.15) is 18.8 Å². The first-order valence-electron chi connectivity index (χ1n) is 11.9. The standard InChI is InChI=1S/C25H34N4O6/c1-2-34-24(31)17-26-25(32)28(11-10-27-12-15-33-16-13-27)20-23(30)29(19-22-9-6-14-35-22)18-21-7-4-3-5-8-21/h3-9,14H,2,10-13,15-20H2,1H3,(H,26,32). The zero-order valence-corrected chi connectivity index (χ0v) is 20.2. The van der Waals surface area contributed by atoms with Gasteiger partial charge in [0, 0.05) is 32.7 Å². The lowest BCUT2D eigenvalue weighted by atomic mass is 10.2. The van der Waals surface area contributed by atoms with Gasteiger partial charge < -0.3 is 29.0 Å². The van der Waals surface area contributed by atoms with Gasteiger partial charge in [0.2, 0.25) is 5.91 Å². The van der Waals surface area contributed by atoms with Crippen LogP contribution in [0.3, 0.4) is 0 Å². The third-order valence-electron chi connectivity index (χ3n) is 5.59. The number of nitrogens with one attached hydrogen (secondary N) is 1. The molecule has 3 rings (SSSR count). The van der Waals surface area contributed by atoms with Gasteiger partial charge in [-0.05, 0) is 24.6 Å². The monoisotopic (exact) mass is 486 g/mol. The molecule has 0 saturated carbocycles. The summed E-state index contributed by atoms with van der Waals surface area (Å²) in [6.07, 6.45) is 1.57. The molecule has 1 saturated heterocycles. The number of ether oxygens (including phenoxy) is 2. The number of furan rings is 1. The van der Waals surface area contributed by atoms with Crippen LogP contribution in [0.5, 0.6) is 0 Å². The van der Waals surface area contributed by atoms with E-state index >= 15 is 0 Å². The Morgan fingerprint density at radius 1 is 1.03 bits per heavy atom. The van der Waals surface area contributed by atoms with Gasteiger partial charge in [-0.3, -0.25) is 14.5 Å². The van der Waals surface area contributed by atoms with Crippen LogP contribution >= 0.6 is 0 Å². The summed E-state index contributed by atoms with van der Waals surface area (Å²) in [6.45, 7) is 5.95. The molecule has 1 aliphatic heterocycles. The summed E-state index contributed by atoms with van der Waals surface area (Å²) < 4.78 is 15.7. The minimum absolute atomic E-state index is 0.132. The Morgan fingerprint density at radius 3 is 2.49 bits per heavy atom. The smallest absolute Gasteiger partial charge is 0.325 e. The van der Waals surface area contributed by atoms with Crippen molar-refractivity contribution in [3.63, 3.8) is 0 Å². The van der Waals surface area contributed by atoms with Gasteiger partial charge >= 0.3 is 12.0 Å². The Kier molecular flexibility index (Phi) is 10.6. The van der Waals surface area contributed by atoms with E-state index in [0.29, 0.717) is 38.6 Å². The highest BCUT2D eigenvalue weighted by atomic mass is 16.5. The Morgan fingerprint density at radius 2 is 1.80 bits per heavy atom. The first kappa shape index (κ1) is 26.2. The quantitative estimate of drug-likeness (QED) is 0.456. The van der Waals surface area contributed by atoms with Crippen LogP contribution in [0.25, 0.3) is 0 Å². The van der Waals surface area contributed by atoms with E-state index < -0.39 is 12.0 Å². The SMILES string of the molecule is CCOC(=O)CNC(=O)N(CCN1CCOCC1)CC(=O)N(Cc1ccccc1)Cc1ccco1. The summed E-state index contributed by atoms with van der Waals surface area (Å²) in [4.78, 5) is 43.4. The minimum atomic E-state index is -0.524. The molecule has 2 aromatic rings. The average Bonchev–Trinajstić information content (AvgIpc) is 3.39. The molecular weight excluding hydrogens is 452 g/mol. The minimum Gasteiger partial charge on any atom is -0.467 e. The number of hydrogen-bond donors (Lipinski definition) is 1. The molecule has 0 aliphatic carbocycles. The summed E-state index contributed by atoms with van der Waals surface area (Å²) >= 11 is 0. The van der Waals surface area contributed by atoms with Crippen molar-refractivity contribution in [3.8, 4) is 0 Å². The number of esters is 1. The molecule has 0 radical (unpaired) electrons. The van der Waals surface area contributed by atoms with Crippen molar-refractivity contribution >= 4 is 17.9 Å². The second-order valence-electron chi connectivity index (χ2n) is 8.15. The maximum Gasteiger partial charge on any atom is 0.325 e. The van der Waals surface area contributed by atoms with Crippen LogP contribution in [-0.4, -0.2) is 91.7 Å². The summed E-state index contributed by atoms with van der Waals surface area (Å²) in [5.74, 6) is -0.0942. The molecule has 1 aliphatic rings. The number of hydrogen-bond acceptors (Lipinski definition) is 7. The number of urea groups is 1. The molecular formula is C25H34N4O6. The van der Waals surface area contributed by atoms with E-state index in [4.69, 9.17) is 13.9 Å². The van der Waals surface area contributed by atoms with E-state index in [2.05, 4.69) is 10.2 Å². The molecule has 1 N–H and O–H groups in total. The molecule has 0 unspecified atom stereocenters. The van der Waals surface area contributed by atoms with E-state index in [1.807, 2.05) is 36.4 Å². The van der Waals surface area contributed by atoms with Crippen LogP contribution in [0, 0.1) is 0 Å². The maximum atomic E-state index is 13.4. The third-order valence-corrected chi connectivity index (χ3v) is 5.59. The van der Waals surface area contributed by atoms with Gasteiger partial charge in [-0.1, -0.05) is 30.3 Å². The fourth-order valence-corrected chi connectivity index (χ4v) is 3.70. The predicted octanol–water partition coefficient (Wildman–Crippen LogP) is 1.72. The van der Waals surface area contributed by atoms with Crippen LogP contribution in [0.1, 0.15) is 18.2 Å². The number of carbonyl (C=O) groups excluding carboxylic acids is 3. The largest absolute Gasteiger partial charge is 0.467 e. The fourth-order valence-electron chi connectivity index (χ4n) is 3.70. The highest BCUT2D eigenvalue weighted by molar-refractivity contribution is 5.86. The summed E-state index contributed by atoms with van der Waals surface area (Å²) in [6, 6.07) is 12.8. The first-order valence-corrected chi connectivity index (χ1v) is 11.9. The Balaban J connectivity index is 1.68. The van der Waals surface area contributed by atoms with Gasteiger partial charge in [-0.15, -0.1) is 0 Å². The van der Waals surface area contributed by atoms with E-state index in [-0.39, 0.29) is 32.1 Å². The van der Waals surface area contributed by atoms with Crippen LogP contribution in [0.4, 0.5) is 4.79 Å². The molecule has 0 bridgehead atoms. The summed E-state index contributed by atoms with van der Waals surface area (Å²) in [5, 5.41) is 2.57. The zero-order chi connectivity index (χ0) is 24.9. The topological polar surface area (TPSA) is 105 Å². The number of nitrogens with zero attached hydrogens (tertiary/aromatic N) is 3. The van der Waals surface area contributed by atoms with Crippen molar-refractivity contribution in [2.24, 2.45) is 0 Å². The second-order valence-corrected chi connectivity index (χ2v) is 8.15. The number of benzene rings is 1. The third kappa shape index (κ3) is 9.06. The number of rotatable bonds is 12. The van der Waals surface area contributed by atoms with Gasteiger partial charge in [0.25, 0.3) is 0 Å². The normalized spacial score (nSPS) is 13.7. The molecule has 190 valence electrons. The molecule has 2 heterocycles. The molecule has 1 aromatic heterocycles. The fraction of sp³-hybridized carbons (Fsp3) is 0.480. The van der Waals surface area contributed by atoms with Crippen LogP contribution in [-0.2, 0) is 32.2 Å². The highest BCUT2D eigenvalue weighted by Gasteiger charge is 2.24. The first-order chi connectivity index (χ1) is 17.0. The Labute approximate surface area is 205 Å². The van der Waals surface area contributed by atoms with Crippen molar-refractivity contribution in [3.05, 3.63) is 60.1 Å². The highest BCUT2D eigenvalue weighted by Crippen LogP contribution is 2.12. The van der Waals surface area contributed by atoms with Crippen LogP contribution < -0.4 is 5.32 Å². The maximum absolute atomic E-state index is 13.4. The van der Waals surface area contributed by atoms with Crippen molar-refractivity contribution in [2.75, 3.05) is 59.1 Å². The molecule has 0 spiro atoms. The summed E-state index contributed by atoms with van der Waals surface area (Å²) in [5.41, 5.74) is 0.971. The lowest BCUT2D eigenvalue weighted by molar-refractivity contribution is -0.141. The van der Waals surface area contributed by atoms with E-state index in [1.165, 1.54) is 4.90 Å². The summed E-state index contributed by atoms with van der Waals surface area (Å²) in [7, 11) is 0. The van der Waals surface area contributed by atoms with E-state index in [1.54, 1.807) is 24.2 Å².